The number of nitrogens with one attached hydrogen (secondary N) is 12. The summed E-state index contributed by atoms with van der Waals surface area (Å²) in [6, 6.07) is 54.3. The zero-order chi connectivity index (χ0) is 66.6. The highest BCUT2D eigenvalue weighted by atomic mass is 32.2. The maximum Gasteiger partial charge on any atom is 0.323 e. The van der Waals surface area contributed by atoms with Crippen LogP contribution in [0.25, 0.3) is 0 Å². The van der Waals surface area contributed by atoms with Crippen LogP contribution in [-0.4, -0.2) is 65.8 Å². The third-order valence-corrected chi connectivity index (χ3v) is 13.5. The molecule has 8 aromatic rings. The van der Waals surface area contributed by atoms with Crippen molar-refractivity contribution in [2.75, 3.05) is 68.0 Å². The number of unbranched alkanes of at least 4 members (excludes halogenated alkanes) is 2. The lowest BCUT2D eigenvalue weighted by Gasteiger charge is -2.11. The van der Waals surface area contributed by atoms with Gasteiger partial charge in [-0.3, -0.25) is 16.8 Å². The molecule has 0 bridgehead atoms. The van der Waals surface area contributed by atoms with Crippen molar-refractivity contribution in [2.45, 2.75) is 52.9 Å². The van der Waals surface area contributed by atoms with Crippen LogP contribution in [0.4, 0.5) is 87.4 Å². The Hall–Kier alpha value is -10.2. The molecule has 4 unspecified atom stereocenters. The third-order valence-electron chi connectivity index (χ3n) is 11.9. The molecule has 26 nitrogen and oxygen atoms in total. The fraction of sp³-hybridized carbons (Fsp3) is 0.145. The molecule has 0 aliphatic rings. The van der Waals surface area contributed by atoms with Crippen molar-refractivity contribution in [3.8, 4) is 11.8 Å². The maximum absolute atomic E-state index is 12.0. The van der Waals surface area contributed by atoms with Crippen molar-refractivity contribution in [3.05, 3.63) is 211 Å². The van der Waals surface area contributed by atoms with Crippen LogP contribution in [0.15, 0.2) is 194 Å². The SMILES string of the molecule is CCCCOc1ccc(NC(=O)Nc2ccc(NS(=O)[O-])cc2)cc1.CCCCc1ccc(NC(=O)Nc2ccc(NS(=O)[O-])cc2)cc1.Cc1ccc(NC(=O)Nc2ccc(NS(=O)[O-])cc2)cc1.N#Cc1ccc(NC(=O)Nc2ccc(NS(=O)[O-])cc2)cc1. The molecule has 484 valence electrons. The lowest BCUT2D eigenvalue weighted by Crippen LogP contribution is -2.19. The molecule has 12 N–H and O–H groups in total. The Balaban J connectivity index is 0.000000223. The smallest absolute Gasteiger partial charge is 0.323 e. The van der Waals surface area contributed by atoms with Gasteiger partial charge in [-0.2, -0.15) is 5.26 Å². The number of nitriles is 1. The predicted molar refractivity (Wildman–Crippen MR) is 361 cm³/mol. The Morgan fingerprint density at radius 2 is 0.609 bits per heavy atom. The summed E-state index contributed by atoms with van der Waals surface area (Å²) in [5.41, 5.74) is 9.30. The Bertz CT molecular complexity index is 3740. The van der Waals surface area contributed by atoms with Crippen LogP contribution in [0.2, 0.25) is 0 Å². The van der Waals surface area contributed by atoms with Crippen molar-refractivity contribution in [2.24, 2.45) is 0 Å². The molecule has 8 aromatic carbocycles. The van der Waals surface area contributed by atoms with Gasteiger partial charge in [-0.05, 0) is 202 Å². The second-order valence-corrected chi connectivity index (χ2v) is 21.7. The molecule has 30 heteroatoms. The number of ether oxygens (including phenoxy) is 1. The third kappa shape index (κ3) is 29.8. The lowest BCUT2D eigenvalue weighted by molar-refractivity contribution is 0.261. The van der Waals surface area contributed by atoms with E-state index in [2.05, 4.69) is 75.3 Å². The van der Waals surface area contributed by atoms with E-state index in [1.807, 2.05) is 61.5 Å². The average molecular weight is 1330 g/mol. The fourth-order valence-electron chi connectivity index (χ4n) is 7.41. The Labute approximate surface area is 542 Å². The number of nitrogens with zero attached hydrogens (tertiary/aromatic N) is 1. The summed E-state index contributed by atoms with van der Waals surface area (Å²) in [4.78, 5) is 47.5. The first-order chi connectivity index (χ1) is 44.2. The van der Waals surface area contributed by atoms with E-state index in [1.54, 1.807) is 133 Å². The van der Waals surface area contributed by atoms with Crippen LogP contribution < -0.4 is 66.2 Å². The standard InChI is InChI=1S/C17H21N3O4S.C17H21N3O3S.C14H12N4O3S.C14H15N3O3S/c1-2-3-12-24-16-10-8-14(9-11-16)19-17(21)18-13-4-6-15(7-5-13)20-25(22)23;1-2-3-4-13-5-7-14(8-6-13)18-17(21)19-15-9-11-16(12-10-15)20-24(22)23;15-9-10-1-3-11(4-2-10)16-14(19)17-12-5-7-13(8-6-12)18-22(20)21;1-10-2-4-11(5-3-10)15-14(18)16-12-6-8-13(9-7-12)17-21(19)20/h4-11,20H,2-3,12H2,1H3,(H,22,23)(H2,18,19,21);5-12,20H,2-4H2,1H3,(H,22,23)(H2,18,19,21);1-8,18H,(H,20,21)(H2,16,17,19);2-9,17H,1H3,(H,19,20)(H2,15,16,18)/p-4. The minimum absolute atomic E-state index is 0.357. The molecule has 0 saturated carbocycles. The number of carbonyl (C=O) groups excluding carboxylic acids is 4. The molecule has 8 rings (SSSR count). The van der Waals surface area contributed by atoms with Gasteiger partial charge < -0.3 is 84.4 Å². The predicted octanol–water partition coefficient (Wildman–Crippen LogP) is 12.8. The van der Waals surface area contributed by atoms with E-state index in [-0.39, 0.29) is 12.1 Å². The fourth-order valence-corrected chi connectivity index (χ4v) is 8.73. The normalized spacial score (nSPS) is 11.4. The van der Waals surface area contributed by atoms with Gasteiger partial charge in [0.05, 0.1) is 18.2 Å². The molecule has 8 amide bonds. The Morgan fingerprint density at radius 1 is 0.370 bits per heavy atom. The highest BCUT2D eigenvalue weighted by Gasteiger charge is 2.08. The Morgan fingerprint density at radius 3 is 0.870 bits per heavy atom. The summed E-state index contributed by atoms with van der Waals surface area (Å²) in [6.07, 6.45) is 5.42. The van der Waals surface area contributed by atoms with Gasteiger partial charge in [0.2, 0.25) is 0 Å². The highest BCUT2D eigenvalue weighted by molar-refractivity contribution is 7.81. The number of amides is 8. The second kappa shape index (κ2) is 39.7. The molecule has 0 fully saturated rings. The van der Waals surface area contributed by atoms with Gasteiger partial charge in [0.1, 0.15) is 5.75 Å². The molecule has 0 radical (unpaired) electrons. The van der Waals surface area contributed by atoms with Gasteiger partial charge in [0, 0.05) is 113 Å². The largest absolute Gasteiger partial charge is 0.755 e. The summed E-state index contributed by atoms with van der Waals surface area (Å²) < 4.78 is 98.4. The van der Waals surface area contributed by atoms with Crippen LogP contribution in [0, 0.1) is 18.3 Å². The molecule has 0 aromatic heterocycles. The molecule has 0 saturated heterocycles. The van der Waals surface area contributed by atoms with E-state index in [4.69, 9.17) is 10.00 Å². The first-order valence-corrected chi connectivity index (χ1v) is 32.1. The molecular weight excluding hydrogens is 1260 g/mol. The molecule has 0 aliphatic heterocycles. The number of hydrogen-bond donors (Lipinski definition) is 12. The molecule has 4 atom stereocenters. The van der Waals surface area contributed by atoms with Crippen LogP contribution in [0.1, 0.15) is 56.2 Å². The quantitative estimate of drug-likeness (QED) is 0.0209. The van der Waals surface area contributed by atoms with E-state index in [0.717, 1.165) is 43.4 Å². The number of aryl methyl sites for hydroxylation is 2. The number of rotatable bonds is 23. The van der Waals surface area contributed by atoms with Gasteiger partial charge in [-0.15, -0.1) is 0 Å². The number of anilines is 12. The molecule has 92 heavy (non-hydrogen) atoms. The van der Waals surface area contributed by atoms with Gasteiger partial charge >= 0.3 is 24.1 Å². The van der Waals surface area contributed by atoms with Crippen molar-refractivity contribution in [1.29, 1.82) is 5.26 Å². The van der Waals surface area contributed by atoms with Gasteiger partial charge in [-0.25, -0.2) is 19.2 Å². The summed E-state index contributed by atoms with van der Waals surface area (Å²) in [5.74, 6) is 0.762. The van der Waals surface area contributed by atoms with Crippen LogP contribution >= 0.6 is 0 Å². The topological polar surface area (TPSA) is 406 Å². The first kappa shape index (κ1) is 72.5. The van der Waals surface area contributed by atoms with Crippen LogP contribution in [-0.2, 0) is 51.5 Å². The maximum atomic E-state index is 12.0. The number of urea groups is 4. The summed E-state index contributed by atoms with van der Waals surface area (Å²) in [7, 11) is 0. The van der Waals surface area contributed by atoms with Gasteiger partial charge in [0.25, 0.3) is 0 Å². The van der Waals surface area contributed by atoms with Crippen molar-refractivity contribution in [1.82, 2.24) is 0 Å². The van der Waals surface area contributed by atoms with Crippen molar-refractivity contribution >= 4 is 137 Å². The second-order valence-electron chi connectivity index (χ2n) is 19.1. The zero-order valence-electron chi connectivity index (χ0n) is 49.6. The van der Waals surface area contributed by atoms with E-state index < -0.39 is 57.1 Å². The number of hydrogen-bond acceptors (Lipinski definition) is 14. The number of benzene rings is 8. The minimum Gasteiger partial charge on any atom is -0.755 e. The Kier molecular flexibility index (Phi) is 31.3. The lowest BCUT2D eigenvalue weighted by atomic mass is 10.1. The van der Waals surface area contributed by atoms with Crippen LogP contribution in [0.5, 0.6) is 5.75 Å². The first-order valence-electron chi connectivity index (χ1n) is 27.8. The van der Waals surface area contributed by atoms with Crippen molar-refractivity contribution < 1.29 is 59.0 Å². The molecule has 0 spiro atoms. The van der Waals surface area contributed by atoms with Crippen LogP contribution in [0.3, 0.4) is 0 Å². The monoisotopic (exact) mass is 1330 g/mol. The summed E-state index contributed by atoms with van der Waals surface area (Å²) >= 11 is -9.49. The molecule has 0 heterocycles. The van der Waals surface area contributed by atoms with E-state index >= 15 is 0 Å². The van der Waals surface area contributed by atoms with Gasteiger partial charge in [0.15, 0.2) is 0 Å². The summed E-state index contributed by atoms with van der Waals surface area (Å²) in [5, 5.41) is 30.1. The van der Waals surface area contributed by atoms with E-state index in [9.17, 15) is 54.2 Å². The average Bonchev–Trinajstić information content (AvgIpc) is 2.55. The summed E-state index contributed by atoms with van der Waals surface area (Å²) in [6.45, 7) is 6.90. The van der Waals surface area contributed by atoms with Gasteiger partial charge in [-0.1, -0.05) is 56.5 Å². The highest BCUT2D eigenvalue weighted by Crippen LogP contribution is 2.21. The van der Waals surface area contributed by atoms with E-state index in [0.29, 0.717) is 80.4 Å². The van der Waals surface area contributed by atoms with Crippen molar-refractivity contribution in [3.63, 3.8) is 0 Å². The van der Waals surface area contributed by atoms with E-state index in [1.165, 1.54) is 17.7 Å². The zero-order valence-corrected chi connectivity index (χ0v) is 52.9. The molecule has 0 aliphatic carbocycles. The minimum atomic E-state index is -2.39. The number of carbonyl (C=O) groups is 4. The molecular formula is C62H65N13O13S4-4.